The summed E-state index contributed by atoms with van der Waals surface area (Å²) in [5.74, 6) is 1.27. The van der Waals surface area contributed by atoms with Crippen LogP contribution in [0.3, 0.4) is 0 Å². The van der Waals surface area contributed by atoms with Crippen molar-refractivity contribution >= 4 is 28.5 Å². The molecule has 1 atom stereocenters. The Morgan fingerprint density at radius 3 is 2.82 bits per heavy atom. The van der Waals surface area contributed by atoms with E-state index in [1.165, 1.54) is 0 Å². The molecule has 0 radical (unpaired) electrons. The molecular formula is C11H16ClN5. The normalized spacial score (nSPS) is 13.2. The molecule has 0 spiro atoms. The summed E-state index contributed by atoms with van der Waals surface area (Å²) in [7, 11) is 0. The number of hydrogen-bond donors (Lipinski definition) is 2. The Labute approximate surface area is 105 Å². The molecule has 5 nitrogen and oxygen atoms in total. The van der Waals surface area contributed by atoms with E-state index < -0.39 is 0 Å². The molecule has 92 valence electrons. The number of rotatable bonds is 4. The minimum Gasteiger partial charge on any atom is -0.366 e. The lowest BCUT2D eigenvalue weighted by Crippen LogP contribution is -2.25. The molecule has 2 rings (SSSR count). The topological polar surface area (TPSA) is 66.5 Å². The SMILES string of the molecule is CCC(Nc1nc(Cl)nc2[nH]ncc12)C(C)C. The van der Waals surface area contributed by atoms with Crippen molar-refractivity contribution in [3.63, 3.8) is 0 Å². The van der Waals surface area contributed by atoms with Crippen LogP contribution >= 0.6 is 11.6 Å². The van der Waals surface area contributed by atoms with Crippen molar-refractivity contribution in [1.29, 1.82) is 0 Å². The summed E-state index contributed by atoms with van der Waals surface area (Å²) >= 11 is 5.88. The first-order valence-corrected chi connectivity index (χ1v) is 6.12. The molecule has 2 heterocycles. The minimum absolute atomic E-state index is 0.225. The van der Waals surface area contributed by atoms with Crippen LogP contribution in [0.4, 0.5) is 5.82 Å². The maximum absolute atomic E-state index is 5.88. The first-order valence-electron chi connectivity index (χ1n) is 5.75. The van der Waals surface area contributed by atoms with Crippen LogP contribution < -0.4 is 5.32 Å². The van der Waals surface area contributed by atoms with E-state index in [0.29, 0.717) is 17.6 Å². The molecule has 2 aromatic rings. The Morgan fingerprint density at radius 2 is 2.18 bits per heavy atom. The lowest BCUT2D eigenvalue weighted by atomic mass is 10.0. The van der Waals surface area contributed by atoms with Crippen LogP contribution in [-0.2, 0) is 0 Å². The number of halogens is 1. The van der Waals surface area contributed by atoms with Crippen molar-refractivity contribution in [2.24, 2.45) is 5.92 Å². The number of anilines is 1. The first-order chi connectivity index (χ1) is 8.11. The molecule has 0 saturated carbocycles. The highest BCUT2D eigenvalue weighted by molar-refractivity contribution is 6.28. The van der Waals surface area contributed by atoms with Crippen LogP contribution in [0.25, 0.3) is 11.0 Å². The highest BCUT2D eigenvalue weighted by Crippen LogP contribution is 2.22. The van der Waals surface area contributed by atoms with Crippen LogP contribution in [0, 0.1) is 5.92 Å². The molecule has 0 fully saturated rings. The number of nitrogens with one attached hydrogen (secondary N) is 2. The molecule has 0 aliphatic heterocycles. The minimum atomic E-state index is 0.225. The zero-order valence-electron chi connectivity index (χ0n) is 10.2. The van der Waals surface area contributed by atoms with E-state index >= 15 is 0 Å². The van der Waals surface area contributed by atoms with Crippen molar-refractivity contribution in [2.45, 2.75) is 33.2 Å². The van der Waals surface area contributed by atoms with E-state index in [2.05, 4.69) is 46.3 Å². The Kier molecular flexibility index (Phi) is 3.47. The van der Waals surface area contributed by atoms with E-state index in [9.17, 15) is 0 Å². The molecule has 0 saturated heterocycles. The summed E-state index contributed by atoms with van der Waals surface area (Å²) in [5, 5.41) is 11.2. The standard InChI is InChI=1S/C11H16ClN5/c1-4-8(6(2)3)14-9-7-5-13-17-10(7)16-11(12)15-9/h5-6,8H,4H2,1-3H3,(H2,13,14,15,16,17). The second kappa shape index (κ2) is 4.87. The predicted molar refractivity (Wildman–Crippen MR) is 69.2 cm³/mol. The highest BCUT2D eigenvalue weighted by Gasteiger charge is 2.15. The Balaban J connectivity index is 2.37. The van der Waals surface area contributed by atoms with Crippen molar-refractivity contribution in [3.8, 4) is 0 Å². The molecule has 6 heteroatoms. The average molecular weight is 254 g/mol. The van der Waals surface area contributed by atoms with Crippen LogP contribution in [-0.4, -0.2) is 26.2 Å². The van der Waals surface area contributed by atoms with Gasteiger partial charge in [0.05, 0.1) is 11.6 Å². The predicted octanol–water partition coefficient (Wildman–Crippen LogP) is 2.85. The number of nitrogens with zero attached hydrogens (tertiary/aromatic N) is 3. The molecule has 17 heavy (non-hydrogen) atoms. The summed E-state index contributed by atoms with van der Waals surface area (Å²) in [6.45, 7) is 6.50. The number of H-pyrrole nitrogens is 1. The molecular weight excluding hydrogens is 238 g/mol. The highest BCUT2D eigenvalue weighted by atomic mass is 35.5. The fraction of sp³-hybridized carbons (Fsp3) is 0.545. The molecule has 0 aliphatic carbocycles. The fourth-order valence-electron chi connectivity index (χ4n) is 1.83. The zero-order valence-corrected chi connectivity index (χ0v) is 10.9. The largest absolute Gasteiger partial charge is 0.366 e. The Morgan fingerprint density at radius 1 is 1.41 bits per heavy atom. The van der Waals surface area contributed by atoms with Crippen LogP contribution in [0.5, 0.6) is 0 Å². The Bertz CT molecular complexity index is 508. The van der Waals surface area contributed by atoms with Crippen molar-refractivity contribution in [3.05, 3.63) is 11.5 Å². The maximum Gasteiger partial charge on any atom is 0.226 e. The molecule has 0 aromatic carbocycles. The third-order valence-electron chi connectivity index (χ3n) is 2.85. The molecule has 2 N–H and O–H groups in total. The summed E-state index contributed by atoms with van der Waals surface area (Å²) in [6.07, 6.45) is 2.74. The number of aromatic nitrogens is 4. The second-order valence-electron chi connectivity index (χ2n) is 4.38. The average Bonchev–Trinajstić information content (AvgIpc) is 2.72. The van der Waals surface area contributed by atoms with Crippen molar-refractivity contribution in [1.82, 2.24) is 20.2 Å². The number of hydrogen-bond acceptors (Lipinski definition) is 4. The van der Waals surface area contributed by atoms with Gasteiger partial charge in [0.25, 0.3) is 0 Å². The summed E-state index contributed by atoms with van der Waals surface area (Å²) in [6, 6.07) is 0.360. The van der Waals surface area contributed by atoms with Crippen molar-refractivity contribution in [2.75, 3.05) is 5.32 Å². The van der Waals surface area contributed by atoms with Gasteiger partial charge in [0.1, 0.15) is 5.82 Å². The van der Waals surface area contributed by atoms with E-state index in [1.807, 2.05) is 0 Å². The van der Waals surface area contributed by atoms with Gasteiger partial charge in [-0.25, -0.2) is 0 Å². The van der Waals surface area contributed by atoms with E-state index in [1.54, 1.807) is 6.20 Å². The van der Waals surface area contributed by atoms with Gasteiger partial charge in [0.15, 0.2) is 5.65 Å². The van der Waals surface area contributed by atoms with Gasteiger partial charge in [-0.2, -0.15) is 15.1 Å². The summed E-state index contributed by atoms with van der Waals surface area (Å²) in [5.41, 5.74) is 0.658. The third-order valence-corrected chi connectivity index (χ3v) is 3.02. The summed E-state index contributed by atoms with van der Waals surface area (Å²) in [4.78, 5) is 8.30. The molecule has 0 aliphatic rings. The van der Waals surface area contributed by atoms with E-state index in [0.717, 1.165) is 17.6 Å². The quantitative estimate of drug-likeness (QED) is 0.823. The lowest BCUT2D eigenvalue weighted by Gasteiger charge is -2.21. The molecule has 1 unspecified atom stereocenters. The van der Waals surface area contributed by atoms with Gasteiger partial charge in [-0.3, -0.25) is 5.10 Å². The molecule has 0 bridgehead atoms. The van der Waals surface area contributed by atoms with Gasteiger partial charge >= 0.3 is 0 Å². The van der Waals surface area contributed by atoms with E-state index in [-0.39, 0.29) is 5.28 Å². The van der Waals surface area contributed by atoms with Gasteiger partial charge in [-0.05, 0) is 23.9 Å². The van der Waals surface area contributed by atoms with Gasteiger partial charge in [0, 0.05) is 6.04 Å². The third kappa shape index (κ3) is 2.49. The van der Waals surface area contributed by atoms with Gasteiger partial charge in [-0.1, -0.05) is 20.8 Å². The van der Waals surface area contributed by atoms with Crippen LogP contribution in [0.1, 0.15) is 27.2 Å². The maximum atomic E-state index is 5.88. The molecule has 0 amide bonds. The first kappa shape index (κ1) is 12.1. The zero-order chi connectivity index (χ0) is 12.4. The number of aromatic amines is 1. The smallest absolute Gasteiger partial charge is 0.226 e. The van der Waals surface area contributed by atoms with Crippen LogP contribution in [0.15, 0.2) is 6.20 Å². The van der Waals surface area contributed by atoms with Gasteiger partial charge in [0.2, 0.25) is 5.28 Å². The monoisotopic (exact) mass is 253 g/mol. The number of fused-ring (bicyclic) bond motifs is 1. The van der Waals surface area contributed by atoms with Gasteiger partial charge in [-0.15, -0.1) is 0 Å². The van der Waals surface area contributed by atoms with E-state index in [4.69, 9.17) is 11.6 Å². The molecule has 2 aromatic heterocycles. The Hall–Kier alpha value is -1.36. The van der Waals surface area contributed by atoms with Gasteiger partial charge < -0.3 is 5.32 Å². The van der Waals surface area contributed by atoms with Crippen molar-refractivity contribution < 1.29 is 0 Å². The second-order valence-corrected chi connectivity index (χ2v) is 4.71. The summed E-state index contributed by atoms with van der Waals surface area (Å²) < 4.78 is 0. The lowest BCUT2D eigenvalue weighted by molar-refractivity contribution is 0.510. The fourth-order valence-corrected chi connectivity index (χ4v) is 2.00. The van der Waals surface area contributed by atoms with Crippen LogP contribution in [0.2, 0.25) is 5.28 Å².